The van der Waals surface area contributed by atoms with Crippen LogP contribution in [0.25, 0.3) is 0 Å². The van der Waals surface area contributed by atoms with Crippen molar-refractivity contribution < 1.29 is 14.6 Å². The molecule has 2 spiro atoms. The fourth-order valence-corrected chi connectivity index (χ4v) is 7.85. The topological polar surface area (TPSA) is 80.5 Å². The van der Waals surface area contributed by atoms with E-state index >= 15 is 0 Å². The van der Waals surface area contributed by atoms with Crippen molar-refractivity contribution >= 4 is 5.97 Å². The van der Waals surface area contributed by atoms with Crippen molar-refractivity contribution in [2.75, 3.05) is 20.2 Å². The van der Waals surface area contributed by atoms with Gasteiger partial charge in [-0.15, -0.1) is 5.10 Å². The van der Waals surface area contributed by atoms with Crippen LogP contribution < -0.4 is 0 Å². The van der Waals surface area contributed by atoms with Gasteiger partial charge in [0.05, 0.1) is 18.3 Å². The standard InChI is InChI=1S/C25H38N4O3/c1-28(16-29-14-17(26-27-29)4-2-3-13-30)15-19-18-5-7-24(9-10-24)20-6-8-25(11-12-25)21(20)22(18)32-23(19)31/h14,18-22,30H,2-13,15-16H2,1H3/t18-,19-,20+,21-,22-/m0/s1. The summed E-state index contributed by atoms with van der Waals surface area (Å²) in [5, 5.41) is 17.5. The minimum atomic E-state index is -0.0107. The molecule has 5 fully saturated rings. The maximum absolute atomic E-state index is 13.1. The lowest BCUT2D eigenvalue weighted by Gasteiger charge is -2.33. The van der Waals surface area contributed by atoms with Gasteiger partial charge in [-0.2, -0.15) is 0 Å². The zero-order valence-electron chi connectivity index (χ0n) is 19.4. The Morgan fingerprint density at radius 3 is 2.69 bits per heavy atom. The van der Waals surface area contributed by atoms with Crippen molar-refractivity contribution in [3.05, 3.63) is 11.9 Å². The highest BCUT2D eigenvalue weighted by Gasteiger charge is 2.69. The molecule has 0 unspecified atom stereocenters. The zero-order chi connectivity index (χ0) is 21.9. The number of carbonyl (C=O) groups excluding carboxylic acids is 1. The van der Waals surface area contributed by atoms with Crippen molar-refractivity contribution in [3.63, 3.8) is 0 Å². The van der Waals surface area contributed by atoms with Crippen molar-refractivity contribution in [1.29, 1.82) is 0 Å². The van der Waals surface area contributed by atoms with E-state index in [1.807, 2.05) is 10.9 Å². The lowest BCUT2D eigenvalue weighted by atomic mass is 9.73. The molecule has 1 N–H and O–H groups in total. The number of unbranched alkanes of at least 4 members (excludes halogenated alkanes) is 1. The van der Waals surface area contributed by atoms with Gasteiger partial charge in [-0.3, -0.25) is 9.69 Å². The molecule has 0 aromatic carbocycles. The van der Waals surface area contributed by atoms with E-state index in [-0.39, 0.29) is 24.6 Å². The molecule has 1 aliphatic heterocycles. The van der Waals surface area contributed by atoms with Crippen LogP contribution in [0.4, 0.5) is 0 Å². The molecule has 176 valence electrons. The molecule has 7 heteroatoms. The van der Waals surface area contributed by atoms with Crippen molar-refractivity contribution in [3.8, 4) is 0 Å². The summed E-state index contributed by atoms with van der Waals surface area (Å²) in [7, 11) is 2.08. The first-order valence-electron chi connectivity index (χ1n) is 12.9. The Hall–Kier alpha value is -1.47. The maximum atomic E-state index is 13.1. The lowest BCUT2D eigenvalue weighted by molar-refractivity contribution is -0.148. The molecule has 1 aromatic rings. The summed E-state index contributed by atoms with van der Waals surface area (Å²) in [6, 6.07) is 0. The fourth-order valence-electron chi connectivity index (χ4n) is 7.85. The summed E-state index contributed by atoms with van der Waals surface area (Å²) in [6.45, 7) is 1.59. The van der Waals surface area contributed by atoms with Gasteiger partial charge >= 0.3 is 5.97 Å². The second-order valence-electron chi connectivity index (χ2n) is 11.7. The Labute approximate surface area is 190 Å². The molecule has 5 aliphatic rings. The highest BCUT2D eigenvalue weighted by molar-refractivity contribution is 5.75. The lowest BCUT2D eigenvalue weighted by Crippen LogP contribution is -2.37. The van der Waals surface area contributed by atoms with Crippen molar-refractivity contribution in [1.82, 2.24) is 19.9 Å². The van der Waals surface area contributed by atoms with Crippen LogP contribution in [0.15, 0.2) is 6.20 Å². The SMILES string of the molecule is CN(C[C@@H]1C(=O)O[C@H]2[C@H]1CCC1(CC1)[C@@H]1CCC3(CC3)[C@H]21)Cn1cc(CCCCO)nn1. The second kappa shape index (κ2) is 7.79. The van der Waals surface area contributed by atoms with Crippen LogP contribution in [-0.2, 0) is 22.6 Å². The molecule has 7 nitrogen and oxygen atoms in total. The Kier molecular flexibility index (Phi) is 5.14. The first kappa shape index (κ1) is 21.1. The predicted molar refractivity (Wildman–Crippen MR) is 118 cm³/mol. The average Bonchev–Trinajstić information content (AvgIpc) is 3.62. The summed E-state index contributed by atoms with van der Waals surface area (Å²) in [5.74, 6) is 1.86. The van der Waals surface area contributed by atoms with Crippen LogP contribution in [0.5, 0.6) is 0 Å². The molecule has 0 radical (unpaired) electrons. The summed E-state index contributed by atoms with van der Waals surface area (Å²) in [4.78, 5) is 15.3. The molecular formula is C25H38N4O3. The molecule has 0 amide bonds. The number of fused-ring (bicyclic) bond motifs is 5. The number of hydrogen-bond donors (Lipinski definition) is 1. The van der Waals surface area contributed by atoms with Gasteiger partial charge in [-0.05, 0) is 94.4 Å². The van der Waals surface area contributed by atoms with Gasteiger partial charge in [0.15, 0.2) is 0 Å². The van der Waals surface area contributed by atoms with E-state index in [2.05, 4.69) is 22.3 Å². The summed E-state index contributed by atoms with van der Waals surface area (Å²) in [5.41, 5.74) is 2.08. The van der Waals surface area contributed by atoms with Gasteiger partial charge in [-0.1, -0.05) is 5.21 Å². The Morgan fingerprint density at radius 2 is 1.94 bits per heavy atom. The highest BCUT2D eigenvalue weighted by Crippen LogP contribution is 2.74. The number of aromatic nitrogens is 3. The molecule has 0 bridgehead atoms. The van der Waals surface area contributed by atoms with E-state index in [4.69, 9.17) is 9.84 Å². The first-order valence-corrected chi connectivity index (χ1v) is 12.9. The van der Waals surface area contributed by atoms with Crippen LogP contribution in [0.2, 0.25) is 0 Å². The van der Waals surface area contributed by atoms with Crippen LogP contribution in [0, 0.1) is 34.5 Å². The molecule has 2 heterocycles. The molecule has 32 heavy (non-hydrogen) atoms. The summed E-state index contributed by atoms with van der Waals surface area (Å²) < 4.78 is 8.12. The number of aryl methyl sites for hydroxylation is 1. The number of ether oxygens (including phenoxy) is 1. The van der Waals surface area contributed by atoms with Gasteiger partial charge in [0.25, 0.3) is 0 Å². The van der Waals surface area contributed by atoms with Crippen LogP contribution in [0.1, 0.15) is 69.9 Å². The highest BCUT2D eigenvalue weighted by atomic mass is 16.6. The van der Waals surface area contributed by atoms with Crippen LogP contribution in [-0.4, -0.2) is 57.3 Å². The second-order valence-corrected chi connectivity index (χ2v) is 11.7. The van der Waals surface area contributed by atoms with Gasteiger partial charge in [0, 0.05) is 31.2 Å². The third-order valence-corrected chi connectivity index (χ3v) is 9.81. The minimum absolute atomic E-state index is 0.0107. The molecule has 1 saturated heterocycles. The molecule has 4 saturated carbocycles. The summed E-state index contributed by atoms with van der Waals surface area (Å²) >= 11 is 0. The maximum Gasteiger partial charge on any atom is 0.310 e. The molecule has 5 atom stereocenters. The Bertz CT molecular complexity index is 861. The van der Waals surface area contributed by atoms with E-state index in [0.717, 1.165) is 43.8 Å². The number of esters is 1. The number of nitrogens with zero attached hydrogens (tertiary/aromatic N) is 4. The monoisotopic (exact) mass is 442 g/mol. The van der Waals surface area contributed by atoms with Crippen LogP contribution in [0.3, 0.4) is 0 Å². The minimum Gasteiger partial charge on any atom is -0.461 e. The number of carbonyl (C=O) groups is 1. The molecular weight excluding hydrogens is 404 g/mol. The Morgan fingerprint density at radius 1 is 1.16 bits per heavy atom. The van der Waals surface area contributed by atoms with Gasteiger partial charge in [0.2, 0.25) is 0 Å². The largest absolute Gasteiger partial charge is 0.461 e. The van der Waals surface area contributed by atoms with Gasteiger partial charge < -0.3 is 9.84 Å². The third kappa shape index (κ3) is 3.51. The normalized spacial score (nSPS) is 35.7. The average molecular weight is 443 g/mol. The zero-order valence-corrected chi connectivity index (χ0v) is 19.4. The number of aliphatic hydroxyl groups excluding tert-OH is 1. The van der Waals surface area contributed by atoms with Gasteiger partial charge in [0.1, 0.15) is 6.10 Å². The van der Waals surface area contributed by atoms with Crippen molar-refractivity contribution in [2.24, 2.45) is 34.5 Å². The van der Waals surface area contributed by atoms with Gasteiger partial charge in [-0.25, -0.2) is 4.68 Å². The Balaban J connectivity index is 1.13. The van der Waals surface area contributed by atoms with E-state index in [9.17, 15) is 4.79 Å². The van der Waals surface area contributed by atoms with E-state index < -0.39 is 0 Å². The van der Waals surface area contributed by atoms with E-state index in [1.54, 1.807) is 0 Å². The van der Waals surface area contributed by atoms with Crippen molar-refractivity contribution in [2.45, 2.75) is 83.4 Å². The number of rotatable bonds is 8. The van der Waals surface area contributed by atoms with E-state index in [1.165, 1.54) is 44.9 Å². The van der Waals surface area contributed by atoms with Crippen LogP contribution >= 0.6 is 0 Å². The first-order chi connectivity index (χ1) is 15.5. The molecule has 6 rings (SSSR count). The smallest absolute Gasteiger partial charge is 0.310 e. The molecule has 4 aliphatic carbocycles. The molecule has 1 aromatic heterocycles. The number of aliphatic hydroxyl groups is 1. The predicted octanol–water partition coefficient (Wildman–Crippen LogP) is 3.02. The fraction of sp³-hybridized carbons (Fsp3) is 0.880. The quantitative estimate of drug-likeness (QED) is 0.492. The van der Waals surface area contributed by atoms with E-state index in [0.29, 0.717) is 29.3 Å². The summed E-state index contributed by atoms with van der Waals surface area (Å²) in [6.07, 6.45) is 15.5. The third-order valence-electron chi connectivity index (χ3n) is 9.81. The number of hydrogen-bond acceptors (Lipinski definition) is 6.